The first-order valence-corrected chi connectivity index (χ1v) is 8.41. The lowest BCUT2D eigenvalue weighted by molar-refractivity contribution is -0.136. The van der Waals surface area contributed by atoms with Crippen LogP contribution in [-0.2, 0) is 14.3 Å². The van der Waals surface area contributed by atoms with Crippen LogP contribution in [0.15, 0.2) is 24.3 Å². The number of carbonyl (C=O) groups excluding carboxylic acids is 2. The molecule has 1 aromatic rings. The molecule has 3 N–H and O–H groups in total. The van der Waals surface area contributed by atoms with E-state index in [1.165, 1.54) is 0 Å². The molecule has 1 aliphatic heterocycles. The molecule has 2 amide bonds. The number of anilines is 2. The molecule has 0 bridgehead atoms. The van der Waals surface area contributed by atoms with Crippen molar-refractivity contribution in [1.29, 1.82) is 0 Å². The molecule has 1 heterocycles. The van der Waals surface area contributed by atoms with Gasteiger partial charge in [-0.2, -0.15) is 0 Å². The Morgan fingerprint density at radius 2 is 1.76 bits per heavy atom. The molecule has 0 saturated carbocycles. The fourth-order valence-corrected chi connectivity index (χ4v) is 2.49. The second-order valence-electron chi connectivity index (χ2n) is 5.88. The highest BCUT2D eigenvalue weighted by Crippen LogP contribution is 2.19. The number of amides is 2. The first-order chi connectivity index (χ1) is 12.1. The average Bonchev–Trinajstić information content (AvgIpc) is 2.62. The summed E-state index contributed by atoms with van der Waals surface area (Å²) in [4.78, 5) is 28.1. The number of hydrogen-bond acceptors (Lipinski definition) is 6. The quantitative estimate of drug-likeness (QED) is 0.454. The summed E-state index contributed by atoms with van der Waals surface area (Å²) in [7, 11) is 2.11. The number of aliphatic hydroxyl groups excluding tert-OH is 1. The lowest BCUT2D eigenvalue weighted by Crippen LogP contribution is -2.44. The monoisotopic (exact) mass is 350 g/mol. The van der Waals surface area contributed by atoms with Gasteiger partial charge in [-0.25, -0.2) is 0 Å². The number of nitrogens with one attached hydrogen (secondary N) is 2. The van der Waals surface area contributed by atoms with Crippen LogP contribution in [0.4, 0.5) is 11.4 Å². The van der Waals surface area contributed by atoms with Gasteiger partial charge in [0.15, 0.2) is 0 Å². The number of aliphatic hydroxyl groups is 1. The molecule has 138 valence electrons. The molecular formula is C17H26N4O4. The first-order valence-electron chi connectivity index (χ1n) is 8.41. The van der Waals surface area contributed by atoms with Crippen LogP contribution in [-0.4, -0.2) is 81.4 Å². The highest BCUT2D eigenvalue weighted by molar-refractivity contribution is 6.39. The predicted octanol–water partition coefficient (Wildman–Crippen LogP) is -0.498. The number of likely N-dealkylation sites (N-methyl/N-ethyl adjacent to an activating group) is 1. The minimum Gasteiger partial charge on any atom is -0.394 e. The Labute approximate surface area is 147 Å². The lowest BCUT2D eigenvalue weighted by atomic mass is 10.2. The van der Waals surface area contributed by atoms with Crippen LogP contribution < -0.4 is 15.5 Å². The van der Waals surface area contributed by atoms with Gasteiger partial charge in [-0.05, 0) is 31.3 Å². The Morgan fingerprint density at radius 3 is 2.40 bits per heavy atom. The molecule has 0 radical (unpaired) electrons. The van der Waals surface area contributed by atoms with E-state index in [0.29, 0.717) is 5.69 Å². The zero-order valence-corrected chi connectivity index (χ0v) is 14.5. The standard InChI is InChI=1S/C17H26N4O4/c1-20-7-9-21(10-8-20)15-4-2-14(3-5-15)19-17(24)16(23)18-6-12-25-13-11-22/h2-5,22H,6-13H2,1H3,(H,18,23)(H,19,24). The fourth-order valence-electron chi connectivity index (χ4n) is 2.49. The molecular weight excluding hydrogens is 324 g/mol. The van der Waals surface area contributed by atoms with Gasteiger partial charge in [0.25, 0.3) is 0 Å². The number of rotatable bonds is 7. The molecule has 25 heavy (non-hydrogen) atoms. The molecule has 0 spiro atoms. The maximum Gasteiger partial charge on any atom is 0.313 e. The molecule has 8 nitrogen and oxygen atoms in total. The number of piperazine rings is 1. The van der Waals surface area contributed by atoms with Crippen LogP contribution in [0.3, 0.4) is 0 Å². The fraction of sp³-hybridized carbons (Fsp3) is 0.529. The van der Waals surface area contributed by atoms with Gasteiger partial charge in [-0.15, -0.1) is 0 Å². The van der Waals surface area contributed by atoms with Crippen molar-refractivity contribution in [3.05, 3.63) is 24.3 Å². The average molecular weight is 350 g/mol. The lowest BCUT2D eigenvalue weighted by Gasteiger charge is -2.34. The second-order valence-corrected chi connectivity index (χ2v) is 5.88. The van der Waals surface area contributed by atoms with Crippen molar-refractivity contribution in [3.63, 3.8) is 0 Å². The summed E-state index contributed by atoms with van der Waals surface area (Å²) in [5.41, 5.74) is 1.69. The number of ether oxygens (including phenoxy) is 1. The SMILES string of the molecule is CN1CCN(c2ccc(NC(=O)C(=O)NCCOCCO)cc2)CC1. The van der Waals surface area contributed by atoms with Crippen molar-refractivity contribution >= 4 is 23.2 Å². The van der Waals surface area contributed by atoms with E-state index in [1.807, 2.05) is 12.1 Å². The number of nitrogens with zero attached hydrogens (tertiary/aromatic N) is 2. The third-order valence-electron chi connectivity index (χ3n) is 3.97. The van der Waals surface area contributed by atoms with E-state index in [1.54, 1.807) is 12.1 Å². The second kappa shape index (κ2) is 9.97. The van der Waals surface area contributed by atoms with Gasteiger partial charge >= 0.3 is 11.8 Å². The van der Waals surface area contributed by atoms with Crippen LogP contribution in [0.1, 0.15) is 0 Å². The molecule has 0 unspecified atom stereocenters. The van der Waals surface area contributed by atoms with E-state index >= 15 is 0 Å². The van der Waals surface area contributed by atoms with Crippen molar-refractivity contribution in [2.75, 3.05) is 69.8 Å². The number of carbonyl (C=O) groups is 2. The van der Waals surface area contributed by atoms with E-state index in [2.05, 4.69) is 27.5 Å². The predicted molar refractivity (Wildman–Crippen MR) is 95.7 cm³/mol. The van der Waals surface area contributed by atoms with Crippen molar-refractivity contribution in [1.82, 2.24) is 10.2 Å². The summed E-state index contributed by atoms with van der Waals surface area (Å²) in [5.74, 6) is -1.43. The van der Waals surface area contributed by atoms with Crippen molar-refractivity contribution < 1.29 is 19.4 Å². The van der Waals surface area contributed by atoms with E-state index in [9.17, 15) is 9.59 Å². The number of benzene rings is 1. The maximum atomic E-state index is 11.8. The molecule has 1 aromatic carbocycles. The molecule has 1 aliphatic rings. The number of hydrogen-bond donors (Lipinski definition) is 3. The molecule has 2 rings (SSSR count). The van der Waals surface area contributed by atoms with Crippen LogP contribution in [0, 0.1) is 0 Å². The molecule has 0 atom stereocenters. The van der Waals surface area contributed by atoms with Gasteiger partial charge in [0.1, 0.15) is 0 Å². The molecule has 1 saturated heterocycles. The zero-order chi connectivity index (χ0) is 18.1. The largest absolute Gasteiger partial charge is 0.394 e. The van der Waals surface area contributed by atoms with Gasteiger partial charge in [0.05, 0.1) is 19.8 Å². The Balaban J connectivity index is 1.76. The van der Waals surface area contributed by atoms with E-state index in [-0.39, 0.29) is 26.4 Å². The van der Waals surface area contributed by atoms with Crippen LogP contribution in [0.25, 0.3) is 0 Å². The summed E-state index contributed by atoms with van der Waals surface area (Å²) in [5, 5.41) is 13.6. The minimum atomic E-state index is -0.713. The van der Waals surface area contributed by atoms with Crippen LogP contribution >= 0.6 is 0 Å². The Bertz CT molecular complexity index is 556. The summed E-state index contributed by atoms with van der Waals surface area (Å²) >= 11 is 0. The summed E-state index contributed by atoms with van der Waals surface area (Å²) < 4.78 is 5.00. The van der Waals surface area contributed by atoms with E-state index in [0.717, 1.165) is 31.9 Å². The summed E-state index contributed by atoms with van der Waals surface area (Å²) in [6, 6.07) is 7.48. The van der Waals surface area contributed by atoms with Crippen molar-refractivity contribution in [2.45, 2.75) is 0 Å². The Kier molecular flexibility index (Phi) is 7.65. The summed E-state index contributed by atoms with van der Waals surface area (Å²) in [6.07, 6.45) is 0. The maximum absolute atomic E-state index is 11.8. The van der Waals surface area contributed by atoms with E-state index in [4.69, 9.17) is 9.84 Å². The third kappa shape index (κ3) is 6.33. The summed E-state index contributed by atoms with van der Waals surface area (Å²) in [6.45, 7) is 4.61. The Hall–Kier alpha value is -2.16. The van der Waals surface area contributed by atoms with Crippen LogP contribution in [0.2, 0.25) is 0 Å². The zero-order valence-electron chi connectivity index (χ0n) is 14.5. The normalized spacial score (nSPS) is 15.0. The van der Waals surface area contributed by atoms with Crippen molar-refractivity contribution in [2.24, 2.45) is 0 Å². The molecule has 1 fully saturated rings. The Morgan fingerprint density at radius 1 is 1.08 bits per heavy atom. The van der Waals surface area contributed by atoms with Gasteiger partial charge in [0.2, 0.25) is 0 Å². The van der Waals surface area contributed by atoms with Gasteiger partial charge in [0, 0.05) is 44.1 Å². The topological polar surface area (TPSA) is 94.1 Å². The highest BCUT2D eigenvalue weighted by Gasteiger charge is 2.15. The molecule has 0 aliphatic carbocycles. The van der Waals surface area contributed by atoms with Gasteiger partial charge < -0.3 is 30.3 Å². The highest BCUT2D eigenvalue weighted by atomic mass is 16.5. The van der Waals surface area contributed by atoms with E-state index < -0.39 is 11.8 Å². The molecule has 8 heteroatoms. The van der Waals surface area contributed by atoms with Gasteiger partial charge in [-0.3, -0.25) is 9.59 Å². The smallest absolute Gasteiger partial charge is 0.313 e. The van der Waals surface area contributed by atoms with Crippen molar-refractivity contribution in [3.8, 4) is 0 Å². The minimum absolute atomic E-state index is 0.0709. The van der Waals surface area contributed by atoms with Gasteiger partial charge in [-0.1, -0.05) is 0 Å². The molecule has 0 aromatic heterocycles. The third-order valence-corrected chi connectivity index (χ3v) is 3.97. The van der Waals surface area contributed by atoms with Crippen LogP contribution in [0.5, 0.6) is 0 Å². The first kappa shape index (κ1) is 19.2.